The molecule has 0 aliphatic heterocycles. The average Bonchev–Trinajstić information content (AvgIpc) is 2.62. The summed E-state index contributed by atoms with van der Waals surface area (Å²) in [4.78, 5) is 2.60. The molecule has 0 saturated heterocycles. The van der Waals surface area contributed by atoms with Crippen LogP contribution in [-0.4, -0.2) is 24.5 Å². The molecule has 0 N–H and O–H groups in total. The van der Waals surface area contributed by atoms with Crippen molar-refractivity contribution in [2.24, 2.45) is 0 Å². The topological polar surface area (TPSA) is 3.24 Å². The van der Waals surface area contributed by atoms with Crippen molar-refractivity contribution in [1.82, 2.24) is 4.90 Å². The van der Waals surface area contributed by atoms with Crippen LogP contribution in [-0.2, 0) is 6.42 Å². The number of allylic oxidation sites excluding steroid dienone is 5. The molecule has 0 radical (unpaired) electrons. The molecule has 1 heteroatoms. The van der Waals surface area contributed by atoms with Crippen molar-refractivity contribution in [2.75, 3.05) is 19.6 Å². The van der Waals surface area contributed by atoms with Gasteiger partial charge in [-0.25, -0.2) is 0 Å². The van der Waals surface area contributed by atoms with E-state index in [2.05, 4.69) is 62.6 Å². The van der Waals surface area contributed by atoms with Gasteiger partial charge >= 0.3 is 0 Å². The molecule has 1 nitrogen and oxygen atoms in total. The summed E-state index contributed by atoms with van der Waals surface area (Å²) in [5.74, 6) is 0. The van der Waals surface area contributed by atoms with Gasteiger partial charge in [-0.05, 0) is 80.8 Å². The van der Waals surface area contributed by atoms with Crippen molar-refractivity contribution in [3.63, 3.8) is 0 Å². The fraction of sp³-hybridized carbons (Fsp3) is 0.500. The van der Waals surface area contributed by atoms with E-state index >= 15 is 0 Å². The molecular formula is C24H35N. The van der Waals surface area contributed by atoms with Crippen LogP contribution in [0, 0.1) is 6.92 Å². The zero-order chi connectivity index (χ0) is 18.1. The lowest BCUT2D eigenvalue weighted by atomic mass is 9.90. The van der Waals surface area contributed by atoms with Crippen LogP contribution in [0.25, 0.3) is 5.57 Å². The van der Waals surface area contributed by atoms with E-state index in [9.17, 15) is 0 Å². The summed E-state index contributed by atoms with van der Waals surface area (Å²) in [7, 11) is 0. The van der Waals surface area contributed by atoms with E-state index in [1.807, 2.05) is 6.08 Å². The molecule has 0 fully saturated rings. The van der Waals surface area contributed by atoms with Gasteiger partial charge in [-0.2, -0.15) is 0 Å². The molecule has 2 rings (SSSR count). The minimum atomic E-state index is 1.02. The SMILES string of the molecule is C=CCC1=CC=C(c2ccc(CCN(CCC)CCC)c(C)c2)CC1. The molecule has 0 heterocycles. The Morgan fingerprint density at radius 3 is 2.36 bits per heavy atom. The molecule has 0 atom stereocenters. The molecule has 1 aromatic carbocycles. The monoisotopic (exact) mass is 337 g/mol. The van der Waals surface area contributed by atoms with Crippen LogP contribution in [0.4, 0.5) is 0 Å². The van der Waals surface area contributed by atoms with Crippen molar-refractivity contribution in [2.45, 2.75) is 59.3 Å². The second-order valence-corrected chi connectivity index (χ2v) is 7.24. The molecule has 0 unspecified atom stereocenters. The van der Waals surface area contributed by atoms with Crippen LogP contribution in [0.3, 0.4) is 0 Å². The van der Waals surface area contributed by atoms with Gasteiger partial charge in [0, 0.05) is 6.54 Å². The lowest BCUT2D eigenvalue weighted by Gasteiger charge is -2.21. The van der Waals surface area contributed by atoms with Gasteiger partial charge in [-0.3, -0.25) is 0 Å². The van der Waals surface area contributed by atoms with E-state index < -0.39 is 0 Å². The van der Waals surface area contributed by atoms with Crippen LogP contribution >= 0.6 is 0 Å². The molecule has 0 aromatic heterocycles. The highest BCUT2D eigenvalue weighted by molar-refractivity contribution is 5.69. The predicted octanol–water partition coefficient (Wildman–Crippen LogP) is 6.34. The number of aryl methyl sites for hydroxylation is 1. The van der Waals surface area contributed by atoms with E-state index in [4.69, 9.17) is 0 Å². The Hall–Kier alpha value is -1.60. The second kappa shape index (κ2) is 10.4. The summed E-state index contributed by atoms with van der Waals surface area (Å²) in [6.45, 7) is 14.3. The average molecular weight is 338 g/mol. The minimum absolute atomic E-state index is 1.02. The standard InChI is InChI=1S/C24H35N/c1-5-8-21-9-11-23(12-10-21)24-14-13-22(20(4)19-24)15-18-25(16-6-2)17-7-3/h5,9,11,13-14,19H,1,6-8,10,12,15-18H2,2-4H3. The van der Waals surface area contributed by atoms with Gasteiger partial charge in [0.2, 0.25) is 0 Å². The van der Waals surface area contributed by atoms with Crippen molar-refractivity contribution in [1.29, 1.82) is 0 Å². The molecule has 25 heavy (non-hydrogen) atoms. The van der Waals surface area contributed by atoms with Crippen molar-refractivity contribution < 1.29 is 0 Å². The van der Waals surface area contributed by atoms with Crippen LogP contribution in [0.1, 0.15) is 62.6 Å². The van der Waals surface area contributed by atoms with Crippen molar-refractivity contribution in [3.8, 4) is 0 Å². The van der Waals surface area contributed by atoms with Crippen LogP contribution in [0.5, 0.6) is 0 Å². The van der Waals surface area contributed by atoms with Crippen molar-refractivity contribution >= 4 is 5.57 Å². The van der Waals surface area contributed by atoms with E-state index in [1.54, 1.807) is 0 Å². The Balaban J connectivity index is 2.02. The summed E-state index contributed by atoms with van der Waals surface area (Å²) < 4.78 is 0. The molecule has 0 bridgehead atoms. The van der Waals surface area contributed by atoms with E-state index in [1.165, 1.54) is 66.7 Å². The fourth-order valence-electron chi connectivity index (χ4n) is 3.70. The number of benzene rings is 1. The molecule has 1 aliphatic rings. The second-order valence-electron chi connectivity index (χ2n) is 7.24. The molecule has 0 saturated carbocycles. The molecule has 1 aromatic rings. The van der Waals surface area contributed by atoms with E-state index in [0.29, 0.717) is 0 Å². The third-order valence-electron chi connectivity index (χ3n) is 5.13. The first-order chi connectivity index (χ1) is 12.2. The first-order valence-electron chi connectivity index (χ1n) is 9.99. The minimum Gasteiger partial charge on any atom is -0.303 e. The third-order valence-corrected chi connectivity index (χ3v) is 5.13. The maximum Gasteiger partial charge on any atom is 0.00219 e. The number of rotatable bonds is 10. The highest BCUT2D eigenvalue weighted by Gasteiger charge is 2.10. The summed E-state index contributed by atoms with van der Waals surface area (Å²) >= 11 is 0. The maximum absolute atomic E-state index is 3.84. The van der Waals surface area contributed by atoms with Gasteiger partial charge in [-0.15, -0.1) is 6.58 Å². The van der Waals surface area contributed by atoms with Crippen molar-refractivity contribution in [3.05, 3.63) is 65.3 Å². The summed E-state index contributed by atoms with van der Waals surface area (Å²) in [5, 5.41) is 0. The zero-order valence-electron chi connectivity index (χ0n) is 16.5. The highest BCUT2D eigenvalue weighted by Crippen LogP contribution is 2.29. The molecular weight excluding hydrogens is 302 g/mol. The largest absolute Gasteiger partial charge is 0.303 e. The van der Waals surface area contributed by atoms with Gasteiger partial charge < -0.3 is 4.90 Å². The summed E-state index contributed by atoms with van der Waals surface area (Å²) in [5.41, 5.74) is 7.31. The molecule has 1 aliphatic carbocycles. The summed E-state index contributed by atoms with van der Waals surface area (Å²) in [6, 6.07) is 7.06. The van der Waals surface area contributed by atoms with Gasteiger partial charge in [-0.1, -0.05) is 55.8 Å². The van der Waals surface area contributed by atoms with Crippen LogP contribution in [0.2, 0.25) is 0 Å². The highest BCUT2D eigenvalue weighted by atomic mass is 15.1. The maximum atomic E-state index is 3.84. The zero-order valence-corrected chi connectivity index (χ0v) is 16.5. The Labute approximate surface area is 155 Å². The predicted molar refractivity (Wildman–Crippen MR) is 112 cm³/mol. The fourth-order valence-corrected chi connectivity index (χ4v) is 3.70. The first kappa shape index (κ1) is 19.7. The number of hydrogen-bond acceptors (Lipinski definition) is 1. The van der Waals surface area contributed by atoms with Gasteiger partial charge in [0.05, 0.1) is 0 Å². The van der Waals surface area contributed by atoms with Crippen LogP contribution < -0.4 is 0 Å². The smallest absolute Gasteiger partial charge is 0.00219 e. The van der Waals surface area contributed by atoms with Gasteiger partial charge in [0.1, 0.15) is 0 Å². The Morgan fingerprint density at radius 1 is 1.04 bits per heavy atom. The lowest BCUT2D eigenvalue weighted by molar-refractivity contribution is 0.278. The van der Waals surface area contributed by atoms with E-state index in [-0.39, 0.29) is 0 Å². The Bertz CT molecular complexity index is 615. The first-order valence-corrected chi connectivity index (χ1v) is 9.99. The molecule has 136 valence electrons. The lowest BCUT2D eigenvalue weighted by Crippen LogP contribution is -2.27. The van der Waals surface area contributed by atoms with Gasteiger partial charge in [0.15, 0.2) is 0 Å². The Kier molecular flexibility index (Phi) is 8.21. The number of hydrogen-bond donors (Lipinski definition) is 0. The normalized spacial score (nSPS) is 14.4. The number of nitrogens with zero attached hydrogens (tertiary/aromatic N) is 1. The molecule has 0 spiro atoms. The third kappa shape index (κ3) is 6.01. The quantitative estimate of drug-likeness (QED) is 0.450. The Morgan fingerprint density at radius 2 is 1.80 bits per heavy atom. The van der Waals surface area contributed by atoms with E-state index in [0.717, 1.165) is 19.3 Å². The summed E-state index contributed by atoms with van der Waals surface area (Å²) in [6.07, 6.45) is 13.6. The van der Waals surface area contributed by atoms with Crippen LogP contribution in [0.15, 0.2) is 48.6 Å². The van der Waals surface area contributed by atoms with Gasteiger partial charge in [0.25, 0.3) is 0 Å². The molecule has 0 amide bonds.